The molecule has 68 valence electrons. The third kappa shape index (κ3) is 2.30. The van der Waals surface area contributed by atoms with Crippen LogP contribution in [0.25, 0.3) is 0 Å². The van der Waals surface area contributed by atoms with Crippen LogP contribution in [0.5, 0.6) is 5.75 Å². The molecule has 0 unspecified atom stereocenters. The summed E-state index contributed by atoms with van der Waals surface area (Å²) in [4.78, 5) is 10.0. The van der Waals surface area contributed by atoms with E-state index in [-0.39, 0.29) is 11.4 Å². The first-order valence-electron chi connectivity index (χ1n) is 3.77. The molecular formula is C9H9NO3. The van der Waals surface area contributed by atoms with Crippen molar-refractivity contribution in [1.29, 1.82) is 0 Å². The summed E-state index contributed by atoms with van der Waals surface area (Å²) in [5.74, 6) is 0.255. The fourth-order valence-electron chi connectivity index (χ4n) is 0.849. The van der Waals surface area contributed by atoms with Crippen LogP contribution in [0.4, 0.5) is 5.69 Å². The topological polar surface area (TPSA) is 52.4 Å². The number of ether oxygens (including phenoxy) is 1. The molecule has 0 aliphatic carbocycles. The van der Waals surface area contributed by atoms with Crippen molar-refractivity contribution in [3.63, 3.8) is 0 Å². The molecule has 4 heteroatoms. The number of hydrogen-bond donors (Lipinski definition) is 0. The Morgan fingerprint density at radius 1 is 1.46 bits per heavy atom. The van der Waals surface area contributed by atoms with Gasteiger partial charge < -0.3 is 4.74 Å². The van der Waals surface area contributed by atoms with Gasteiger partial charge in [-0.05, 0) is 13.0 Å². The summed E-state index contributed by atoms with van der Waals surface area (Å²) in [6.45, 7) is 1.77. The largest absolute Gasteiger partial charge is 0.458 e. The minimum absolute atomic E-state index is 0.0272. The average Bonchev–Trinajstić information content (AvgIpc) is 2.15. The lowest BCUT2D eigenvalue weighted by Crippen LogP contribution is -1.91. The van der Waals surface area contributed by atoms with Crippen LogP contribution in [-0.2, 0) is 0 Å². The third-order valence-electron chi connectivity index (χ3n) is 1.39. The van der Waals surface area contributed by atoms with E-state index in [4.69, 9.17) is 4.74 Å². The van der Waals surface area contributed by atoms with Gasteiger partial charge in [0.2, 0.25) is 5.75 Å². The Hall–Kier alpha value is -1.84. The molecule has 1 aromatic rings. The molecule has 0 N–H and O–H groups in total. The van der Waals surface area contributed by atoms with Crippen LogP contribution in [0.3, 0.4) is 0 Å². The van der Waals surface area contributed by atoms with Crippen molar-refractivity contribution in [2.75, 3.05) is 0 Å². The second-order valence-corrected chi connectivity index (χ2v) is 2.31. The fourth-order valence-corrected chi connectivity index (χ4v) is 0.849. The minimum Gasteiger partial charge on any atom is -0.458 e. The van der Waals surface area contributed by atoms with Gasteiger partial charge in [0.1, 0.15) is 0 Å². The molecular weight excluding hydrogens is 170 g/mol. The number of benzene rings is 1. The monoisotopic (exact) mass is 179 g/mol. The van der Waals surface area contributed by atoms with Crippen LogP contribution in [0.15, 0.2) is 36.6 Å². The van der Waals surface area contributed by atoms with Crippen molar-refractivity contribution in [3.05, 3.63) is 46.7 Å². The van der Waals surface area contributed by atoms with E-state index < -0.39 is 4.92 Å². The highest BCUT2D eigenvalue weighted by molar-refractivity contribution is 5.45. The Kier molecular flexibility index (Phi) is 3.03. The van der Waals surface area contributed by atoms with Crippen LogP contribution in [0.1, 0.15) is 6.92 Å². The van der Waals surface area contributed by atoms with E-state index in [1.54, 1.807) is 31.2 Å². The van der Waals surface area contributed by atoms with Crippen LogP contribution < -0.4 is 4.74 Å². The molecule has 0 atom stereocenters. The Labute approximate surface area is 75.6 Å². The zero-order chi connectivity index (χ0) is 9.68. The lowest BCUT2D eigenvalue weighted by atomic mass is 10.3. The first-order valence-corrected chi connectivity index (χ1v) is 3.77. The summed E-state index contributed by atoms with van der Waals surface area (Å²) < 4.78 is 5.03. The minimum atomic E-state index is -0.473. The van der Waals surface area contributed by atoms with Gasteiger partial charge >= 0.3 is 5.69 Å². The molecule has 13 heavy (non-hydrogen) atoms. The van der Waals surface area contributed by atoms with Gasteiger partial charge in [-0.2, -0.15) is 0 Å². The van der Waals surface area contributed by atoms with Gasteiger partial charge in [-0.25, -0.2) is 0 Å². The highest BCUT2D eigenvalue weighted by atomic mass is 16.6. The van der Waals surface area contributed by atoms with Gasteiger partial charge in [-0.1, -0.05) is 18.2 Å². The highest BCUT2D eigenvalue weighted by Gasteiger charge is 2.11. The SMILES string of the molecule is C/C=C/Oc1ccccc1[N+](=O)[O-]. The van der Waals surface area contributed by atoms with Crippen molar-refractivity contribution < 1.29 is 9.66 Å². The Morgan fingerprint density at radius 2 is 2.15 bits per heavy atom. The highest BCUT2D eigenvalue weighted by Crippen LogP contribution is 2.25. The number of nitro benzene ring substituents is 1. The van der Waals surface area contributed by atoms with Crippen molar-refractivity contribution >= 4 is 5.69 Å². The van der Waals surface area contributed by atoms with E-state index >= 15 is 0 Å². The van der Waals surface area contributed by atoms with Gasteiger partial charge in [0.15, 0.2) is 0 Å². The van der Waals surface area contributed by atoms with Crippen molar-refractivity contribution in [1.82, 2.24) is 0 Å². The van der Waals surface area contributed by atoms with Gasteiger partial charge in [-0.15, -0.1) is 0 Å². The fraction of sp³-hybridized carbons (Fsp3) is 0.111. The molecule has 0 spiro atoms. The lowest BCUT2D eigenvalue weighted by molar-refractivity contribution is -0.385. The Morgan fingerprint density at radius 3 is 2.77 bits per heavy atom. The van der Waals surface area contributed by atoms with Crippen LogP contribution in [-0.4, -0.2) is 4.92 Å². The molecule has 0 heterocycles. The van der Waals surface area contributed by atoms with E-state index in [1.807, 2.05) is 0 Å². The first-order chi connectivity index (χ1) is 6.25. The van der Waals surface area contributed by atoms with Gasteiger partial charge in [0.05, 0.1) is 11.2 Å². The second kappa shape index (κ2) is 4.25. The number of hydrogen-bond acceptors (Lipinski definition) is 3. The molecule has 0 aliphatic heterocycles. The molecule has 0 saturated carbocycles. The van der Waals surface area contributed by atoms with Crippen LogP contribution in [0, 0.1) is 10.1 Å². The molecule has 0 aromatic heterocycles. The van der Waals surface area contributed by atoms with Crippen molar-refractivity contribution in [3.8, 4) is 5.75 Å². The predicted molar refractivity (Wildman–Crippen MR) is 48.5 cm³/mol. The summed E-state index contributed by atoms with van der Waals surface area (Å²) >= 11 is 0. The summed E-state index contributed by atoms with van der Waals surface area (Å²) in [5, 5.41) is 10.5. The average molecular weight is 179 g/mol. The maximum Gasteiger partial charge on any atom is 0.311 e. The molecule has 1 rings (SSSR count). The molecule has 4 nitrogen and oxygen atoms in total. The molecule has 0 amide bonds. The molecule has 0 radical (unpaired) electrons. The van der Waals surface area contributed by atoms with Crippen molar-refractivity contribution in [2.45, 2.75) is 6.92 Å². The molecule has 0 bridgehead atoms. The third-order valence-corrected chi connectivity index (χ3v) is 1.39. The standard InChI is InChI=1S/C9H9NO3/c1-2-7-13-9-6-4-3-5-8(9)10(11)12/h2-7H,1H3/b7-2+. The number of allylic oxidation sites excluding steroid dienone is 1. The maximum absolute atomic E-state index is 10.5. The zero-order valence-corrected chi connectivity index (χ0v) is 7.14. The van der Waals surface area contributed by atoms with E-state index in [2.05, 4.69) is 0 Å². The molecule has 0 saturated heterocycles. The lowest BCUT2D eigenvalue weighted by Gasteiger charge is -1.99. The van der Waals surface area contributed by atoms with Gasteiger partial charge in [0, 0.05) is 6.07 Å². The number of para-hydroxylation sites is 2. The van der Waals surface area contributed by atoms with Crippen LogP contribution >= 0.6 is 0 Å². The zero-order valence-electron chi connectivity index (χ0n) is 7.14. The summed E-state index contributed by atoms with van der Waals surface area (Å²) in [5.41, 5.74) is -0.0272. The van der Waals surface area contributed by atoms with Gasteiger partial charge in [-0.3, -0.25) is 10.1 Å². The molecule has 0 fully saturated rings. The summed E-state index contributed by atoms with van der Waals surface area (Å²) in [6, 6.07) is 6.24. The second-order valence-electron chi connectivity index (χ2n) is 2.31. The molecule has 0 aliphatic rings. The van der Waals surface area contributed by atoms with Gasteiger partial charge in [0.25, 0.3) is 0 Å². The number of rotatable bonds is 3. The normalized spacial score (nSPS) is 10.2. The number of nitro groups is 1. The van der Waals surface area contributed by atoms with Crippen molar-refractivity contribution in [2.24, 2.45) is 0 Å². The quantitative estimate of drug-likeness (QED) is 0.407. The predicted octanol–water partition coefficient (Wildman–Crippen LogP) is 2.51. The Balaban J connectivity index is 2.97. The first kappa shape index (κ1) is 9.25. The summed E-state index contributed by atoms with van der Waals surface area (Å²) in [7, 11) is 0. The molecule has 1 aromatic carbocycles. The van der Waals surface area contributed by atoms with Crippen LogP contribution in [0.2, 0.25) is 0 Å². The smallest absolute Gasteiger partial charge is 0.311 e. The maximum atomic E-state index is 10.5. The van der Waals surface area contributed by atoms with E-state index in [0.717, 1.165) is 0 Å². The van der Waals surface area contributed by atoms with E-state index in [1.165, 1.54) is 12.3 Å². The number of nitrogens with zero attached hydrogens (tertiary/aromatic N) is 1. The Bertz CT molecular complexity index is 333. The van der Waals surface area contributed by atoms with E-state index in [9.17, 15) is 10.1 Å². The van der Waals surface area contributed by atoms with E-state index in [0.29, 0.717) is 0 Å². The summed E-state index contributed by atoms with van der Waals surface area (Å²) in [6.07, 6.45) is 3.07.